The lowest BCUT2D eigenvalue weighted by molar-refractivity contribution is -0.00834. The first kappa shape index (κ1) is 4.39. The van der Waals surface area contributed by atoms with Gasteiger partial charge in [-0.05, 0) is 6.20 Å². The van der Waals surface area contributed by atoms with E-state index in [1.54, 1.807) is 0 Å². The summed E-state index contributed by atoms with van der Waals surface area (Å²) in [6.45, 7) is 3.77. The van der Waals surface area contributed by atoms with Crippen molar-refractivity contribution in [1.82, 2.24) is 5.32 Å². The first-order valence-electron chi connectivity index (χ1n) is 2.78. The molecule has 2 aliphatic rings. The molecule has 43 valence electrons. The molecule has 8 heavy (non-hydrogen) atoms. The predicted octanol–water partition coefficient (Wildman–Crippen LogP) is 0.282. The number of rotatable bonds is 0. The van der Waals surface area contributed by atoms with Crippen LogP contribution in [0.15, 0.2) is 12.3 Å². The molecule has 1 N–H and O–H groups in total. The highest BCUT2D eigenvalue weighted by molar-refractivity contribution is 5.15. The Morgan fingerprint density at radius 3 is 2.75 bits per heavy atom. The fraction of sp³-hybridized carbons (Fsp3) is 0.500. The monoisotopic (exact) mass is 110 g/mol. The van der Waals surface area contributed by atoms with E-state index in [0.29, 0.717) is 0 Å². The SMILES string of the molecule is [CH]1OCC12C=CNC2. The van der Waals surface area contributed by atoms with E-state index in [9.17, 15) is 0 Å². The topological polar surface area (TPSA) is 21.3 Å². The maximum absolute atomic E-state index is 4.94. The molecule has 0 bridgehead atoms. The Morgan fingerprint density at radius 2 is 2.50 bits per heavy atom. The highest BCUT2D eigenvalue weighted by Crippen LogP contribution is 2.34. The van der Waals surface area contributed by atoms with Gasteiger partial charge in [0, 0.05) is 6.54 Å². The van der Waals surface area contributed by atoms with Crippen LogP contribution in [0, 0.1) is 12.0 Å². The Kier molecular flexibility index (Phi) is 0.690. The molecule has 0 amide bonds. The van der Waals surface area contributed by atoms with Gasteiger partial charge in [0.1, 0.15) is 0 Å². The normalized spacial score (nSPS) is 30.0. The molecule has 0 aromatic rings. The first-order chi connectivity index (χ1) is 3.91. The Labute approximate surface area is 48.5 Å². The fourth-order valence-electron chi connectivity index (χ4n) is 1.01. The second-order valence-electron chi connectivity index (χ2n) is 2.38. The average molecular weight is 110 g/mol. The highest BCUT2D eigenvalue weighted by atomic mass is 16.5. The third kappa shape index (κ3) is 0.409. The van der Waals surface area contributed by atoms with Crippen molar-refractivity contribution in [2.24, 2.45) is 5.41 Å². The molecule has 1 radical (unpaired) electrons. The summed E-state index contributed by atoms with van der Waals surface area (Å²) in [5, 5.41) is 3.12. The summed E-state index contributed by atoms with van der Waals surface area (Å²) < 4.78 is 4.94. The third-order valence-corrected chi connectivity index (χ3v) is 1.63. The number of hydrogen-bond acceptors (Lipinski definition) is 2. The molecule has 0 aromatic carbocycles. The zero-order chi connectivity index (χ0) is 5.45. The summed E-state index contributed by atoms with van der Waals surface area (Å²) in [5.41, 5.74) is 0.278. The molecule has 1 atom stereocenters. The lowest BCUT2D eigenvalue weighted by Gasteiger charge is -2.34. The summed E-state index contributed by atoms with van der Waals surface area (Å²) in [6.07, 6.45) is 4.13. The van der Waals surface area contributed by atoms with Crippen LogP contribution in [0.25, 0.3) is 0 Å². The minimum atomic E-state index is 0.278. The van der Waals surface area contributed by atoms with Crippen molar-refractivity contribution in [2.75, 3.05) is 13.2 Å². The standard InChI is InChI=1S/C6H8NO/c1-2-7-3-6(1)4-8-5-6/h1-2,4,7H,3,5H2. The quantitative estimate of drug-likeness (QED) is 0.483. The Hall–Kier alpha value is -0.500. The van der Waals surface area contributed by atoms with Crippen molar-refractivity contribution in [3.8, 4) is 0 Å². The van der Waals surface area contributed by atoms with E-state index in [1.807, 2.05) is 12.8 Å². The highest BCUT2D eigenvalue weighted by Gasteiger charge is 2.38. The van der Waals surface area contributed by atoms with Crippen molar-refractivity contribution >= 4 is 0 Å². The van der Waals surface area contributed by atoms with Gasteiger partial charge in [0.15, 0.2) is 0 Å². The summed E-state index contributed by atoms with van der Waals surface area (Å²) >= 11 is 0. The van der Waals surface area contributed by atoms with Crippen LogP contribution in [0.5, 0.6) is 0 Å². The first-order valence-corrected chi connectivity index (χ1v) is 2.78. The summed E-state index contributed by atoms with van der Waals surface area (Å²) in [7, 11) is 0. The Bertz CT molecular complexity index is 126. The lowest BCUT2D eigenvalue weighted by atomic mass is 9.88. The van der Waals surface area contributed by atoms with Crippen LogP contribution < -0.4 is 5.32 Å². The van der Waals surface area contributed by atoms with E-state index >= 15 is 0 Å². The maximum atomic E-state index is 4.94. The van der Waals surface area contributed by atoms with E-state index in [4.69, 9.17) is 4.74 Å². The van der Waals surface area contributed by atoms with Crippen molar-refractivity contribution < 1.29 is 4.74 Å². The number of ether oxygens (including phenoxy) is 1. The van der Waals surface area contributed by atoms with Crippen LogP contribution >= 0.6 is 0 Å². The Morgan fingerprint density at radius 1 is 1.62 bits per heavy atom. The molecule has 1 saturated heterocycles. The molecule has 0 aliphatic carbocycles. The van der Waals surface area contributed by atoms with Crippen molar-refractivity contribution in [2.45, 2.75) is 0 Å². The van der Waals surface area contributed by atoms with Gasteiger partial charge in [-0.15, -0.1) is 0 Å². The molecule has 2 heteroatoms. The van der Waals surface area contributed by atoms with Crippen LogP contribution in [0.1, 0.15) is 0 Å². The molecule has 2 nitrogen and oxygen atoms in total. The van der Waals surface area contributed by atoms with E-state index < -0.39 is 0 Å². The van der Waals surface area contributed by atoms with Crippen LogP contribution in [-0.4, -0.2) is 13.2 Å². The lowest BCUT2D eigenvalue weighted by Crippen LogP contribution is -2.39. The zero-order valence-corrected chi connectivity index (χ0v) is 4.55. The fourth-order valence-corrected chi connectivity index (χ4v) is 1.01. The summed E-state index contributed by atoms with van der Waals surface area (Å²) in [5.74, 6) is 0. The summed E-state index contributed by atoms with van der Waals surface area (Å²) in [4.78, 5) is 0. The van der Waals surface area contributed by atoms with Crippen LogP contribution in [0.2, 0.25) is 0 Å². The van der Waals surface area contributed by atoms with Gasteiger partial charge >= 0.3 is 0 Å². The van der Waals surface area contributed by atoms with Gasteiger partial charge in [0.2, 0.25) is 0 Å². The number of hydrogen-bond donors (Lipinski definition) is 1. The van der Waals surface area contributed by atoms with Gasteiger partial charge in [-0.25, -0.2) is 0 Å². The van der Waals surface area contributed by atoms with E-state index in [-0.39, 0.29) is 5.41 Å². The largest absolute Gasteiger partial charge is 0.390 e. The summed E-state index contributed by atoms with van der Waals surface area (Å²) in [6, 6.07) is 0. The molecule has 1 unspecified atom stereocenters. The predicted molar refractivity (Wildman–Crippen MR) is 29.8 cm³/mol. The number of nitrogens with one attached hydrogen (secondary N) is 1. The second kappa shape index (κ2) is 1.26. The van der Waals surface area contributed by atoms with Gasteiger partial charge in [-0.3, -0.25) is 0 Å². The van der Waals surface area contributed by atoms with Crippen LogP contribution in [0.4, 0.5) is 0 Å². The molecule has 2 rings (SSSR count). The smallest absolute Gasteiger partial charge is 0.0977 e. The molecular weight excluding hydrogens is 102 g/mol. The van der Waals surface area contributed by atoms with Gasteiger partial charge in [0.05, 0.1) is 18.6 Å². The van der Waals surface area contributed by atoms with Gasteiger partial charge in [-0.2, -0.15) is 0 Å². The van der Waals surface area contributed by atoms with Crippen molar-refractivity contribution in [3.63, 3.8) is 0 Å². The molecule has 1 spiro atoms. The molecule has 0 saturated carbocycles. The minimum absolute atomic E-state index is 0.278. The molecule has 0 aromatic heterocycles. The van der Waals surface area contributed by atoms with Gasteiger partial charge in [0.25, 0.3) is 0 Å². The van der Waals surface area contributed by atoms with Crippen LogP contribution in [-0.2, 0) is 4.74 Å². The average Bonchev–Trinajstić information content (AvgIpc) is 2.07. The molecular formula is C6H8NO. The Balaban J connectivity index is 2.13. The van der Waals surface area contributed by atoms with Crippen LogP contribution in [0.3, 0.4) is 0 Å². The minimum Gasteiger partial charge on any atom is -0.390 e. The van der Waals surface area contributed by atoms with E-state index in [1.165, 1.54) is 0 Å². The van der Waals surface area contributed by atoms with E-state index in [0.717, 1.165) is 13.2 Å². The second-order valence-corrected chi connectivity index (χ2v) is 2.38. The molecule has 2 heterocycles. The third-order valence-electron chi connectivity index (χ3n) is 1.63. The molecule has 1 fully saturated rings. The zero-order valence-electron chi connectivity index (χ0n) is 4.55. The van der Waals surface area contributed by atoms with Gasteiger partial charge < -0.3 is 10.1 Å². The van der Waals surface area contributed by atoms with Gasteiger partial charge in [-0.1, -0.05) is 6.08 Å². The van der Waals surface area contributed by atoms with E-state index in [2.05, 4.69) is 11.4 Å². The van der Waals surface area contributed by atoms with Crippen molar-refractivity contribution in [3.05, 3.63) is 18.9 Å². The molecule has 2 aliphatic heterocycles. The maximum Gasteiger partial charge on any atom is 0.0977 e. The van der Waals surface area contributed by atoms with Crippen molar-refractivity contribution in [1.29, 1.82) is 0 Å².